The van der Waals surface area contributed by atoms with Crippen LogP contribution in [0, 0.1) is 0 Å². The molecule has 0 aromatic carbocycles. The second-order valence-corrected chi connectivity index (χ2v) is 3.38. The van der Waals surface area contributed by atoms with E-state index in [9.17, 15) is 0 Å². The van der Waals surface area contributed by atoms with Crippen molar-refractivity contribution in [2.75, 3.05) is 13.2 Å². The van der Waals surface area contributed by atoms with Crippen molar-refractivity contribution >= 4 is 0 Å². The van der Waals surface area contributed by atoms with Gasteiger partial charge in [-0.2, -0.15) is 0 Å². The zero-order valence-electron chi connectivity index (χ0n) is 8.77. The third kappa shape index (κ3) is 9.96. The van der Waals surface area contributed by atoms with Crippen LogP contribution in [0.15, 0.2) is 0 Å². The highest BCUT2D eigenvalue weighted by atomic mass is 16.5. The lowest BCUT2D eigenvalue weighted by atomic mass is 10.2. The normalized spacial score (nSPS) is 16.5. The van der Waals surface area contributed by atoms with Gasteiger partial charge < -0.3 is 4.74 Å². The van der Waals surface area contributed by atoms with E-state index in [0.717, 1.165) is 13.2 Å². The minimum absolute atomic E-state index is 1.00. The molecule has 1 heterocycles. The molecule has 0 bridgehead atoms. The van der Waals surface area contributed by atoms with E-state index in [1.807, 2.05) is 0 Å². The first kappa shape index (κ1) is 12.0. The topological polar surface area (TPSA) is 9.23 Å². The molecule has 0 aromatic rings. The number of ether oxygens (including phenoxy) is 1. The van der Waals surface area contributed by atoms with Crippen LogP contribution < -0.4 is 0 Å². The van der Waals surface area contributed by atoms with Gasteiger partial charge in [0, 0.05) is 13.2 Å². The van der Waals surface area contributed by atoms with E-state index in [-0.39, 0.29) is 0 Å². The third-order valence-electron chi connectivity index (χ3n) is 2.03. The molecule has 1 aliphatic rings. The van der Waals surface area contributed by atoms with Gasteiger partial charge in [-0.1, -0.05) is 39.5 Å². The summed E-state index contributed by atoms with van der Waals surface area (Å²) in [5.74, 6) is 0. The van der Waals surface area contributed by atoms with Crippen LogP contribution in [0.2, 0.25) is 0 Å². The molecule has 0 saturated carbocycles. The first-order valence-electron chi connectivity index (χ1n) is 5.49. The highest BCUT2D eigenvalue weighted by molar-refractivity contribution is 4.45. The first-order chi connectivity index (χ1) is 5.91. The summed E-state index contributed by atoms with van der Waals surface area (Å²) in [6, 6.07) is 0. The van der Waals surface area contributed by atoms with E-state index < -0.39 is 0 Å². The van der Waals surface area contributed by atoms with Crippen LogP contribution in [0.1, 0.15) is 58.8 Å². The summed E-state index contributed by atoms with van der Waals surface area (Å²) in [5, 5.41) is 0. The Morgan fingerprint density at radius 2 is 1.33 bits per heavy atom. The molecule has 1 heteroatoms. The summed E-state index contributed by atoms with van der Waals surface area (Å²) in [6.45, 7) is 6.46. The van der Waals surface area contributed by atoms with Crippen molar-refractivity contribution in [1.82, 2.24) is 0 Å². The minimum Gasteiger partial charge on any atom is -0.381 e. The van der Waals surface area contributed by atoms with Gasteiger partial charge in [-0.3, -0.25) is 0 Å². The average Bonchev–Trinajstić information content (AvgIpc) is 2.18. The van der Waals surface area contributed by atoms with E-state index >= 15 is 0 Å². The van der Waals surface area contributed by atoms with Gasteiger partial charge in [-0.05, 0) is 19.3 Å². The summed E-state index contributed by atoms with van der Waals surface area (Å²) in [4.78, 5) is 0. The molecule has 12 heavy (non-hydrogen) atoms. The molecule has 1 fully saturated rings. The van der Waals surface area contributed by atoms with Gasteiger partial charge in [-0.25, -0.2) is 0 Å². The Bertz CT molecular complexity index is 51.9. The molecule has 1 saturated heterocycles. The predicted octanol–water partition coefficient (Wildman–Crippen LogP) is 3.77. The molecule has 0 N–H and O–H groups in total. The fourth-order valence-electron chi connectivity index (χ4n) is 1.19. The van der Waals surface area contributed by atoms with Crippen LogP contribution in [-0.4, -0.2) is 13.2 Å². The Hall–Kier alpha value is -0.0400. The van der Waals surface area contributed by atoms with Crippen LogP contribution in [0.3, 0.4) is 0 Å². The summed E-state index contributed by atoms with van der Waals surface area (Å²) in [6.07, 6.45) is 9.47. The van der Waals surface area contributed by atoms with Crippen molar-refractivity contribution < 1.29 is 4.74 Å². The molecule has 74 valence electrons. The van der Waals surface area contributed by atoms with E-state index in [1.165, 1.54) is 44.9 Å². The lowest BCUT2D eigenvalue weighted by Crippen LogP contribution is -2.03. The standard InChI is InChI=1S/C6H14.C5H10O/c1-3-5-6-4-2;1-2-4-6-5-3-1/h3-6H2,1-2H3;1-5H2. The van der Waals surface area contributed by atoms with Crippen LogP contribution >= 0.6 is 0 Å². The minimum atomic E-state index is 1.00. The average molecular weight is 172 g/mol. The number of hydrogen-bond donors (Lipinski definition) is 0. The van der Waals surface area contributed by atoms with Gasteiger partial charge in [0.05, 0.1) is 0 Å². The lowest BCUT2D eigenvalue weighted by Gasteiger charge is -2.08. The van der Waals surface area contributed by atoms with Gasteiger partial charge >= 0.3 is 0 Å². The predicted molar refractivity (Wildman–Crippen MR) is 54.5 cm³/mol. The maximum atomic E-state index is 5.07. The van der Waals surface area contributed by atoms with Crippen LogP contribution in [0.5, 0.6) is 0 Å². The summed E-state index contributed by atoms with van der Waals surface area (Å²) in [7, 11) is 0. The van der Waals surface area contributed by atoms with E-state index in [2.05, 4.69) is 13.8 Å². The molecule has 1 nitrogen and oxygen atoms in total. The second-order valence-electron chi connectivity index (χ2n) is 3.38. The van der Waals surface area contributed by atoms with E-state index in [1.54, 1.807) is 0 Å². The van der Waals surface area contributed by atoms with E-state index in [0.29, 0.717) is 0 Å². The SMILES string of the molecule is C1CCOCC1.CCCCCC. The fraction of sp³-hybridized carbons (Fsp3) is 1.00. The lowest BCUT2D eigenvalue weighted by molar-refractivity contribution is 0.0968. The van der Waals surface area contributed by atoms with Crippen molar-refractivity contribution in [2.45, 2.75) is 58.8 Å². The monoisotopic (exact) mass is 172 g/mol. The first-order valence-corrected chi connectivity index (χ1v) is 5.49. The Balaban J connectivity index is 0.000000202. The van der Waals surface area contributed by atoms with Gasteiger partial charge in [0.1, 0.15) is 0 Å². The summed E-state index contributed by atoms with van der Waals surface area (Å²) in [5.41, 5.74) is 0. The number of unbranched alkanes of at least 4 members (excludes halogenated alkanes) is 3. The van der Waals surface area contributed by atoms with Crippen molar-refractivity contribution in [3.8, 4) is 0 Å². The second kappa shape index (κ2) is 11.0. The molecule has 0 unspecified atom stereocenters. The molecule has 0 aliphatic carbocycles. The van der Waals surface area contributed by atoms with Gasteiger partial charge in [0.15, 0.2) is 0 Å². The highest BCUT2D eigenvalue weighted by Gasteiger charge is 1.94. The molecule has 0 aromatic heterocycles. The number of rotatable bonds is 3. The molecular weight excluding hydrogens is 148 g/mol. The highest BCUT2D eigenvalue weighted by Crippen LogP contribution is 2.02. The summed E-state index contributed by atoms with van der Waals surface area (Å²) < 4.78 is 5.07. The van der Waals surface area contributed by atoms with Crippen molar-refractivity contribution in [3.05, 3.63) is 0 Å². The number of hydrogen-bond acceptors (Lipinski definition) is 1. The van der Waals surface area contributed by atoms with Gasteiger partial charge in [-0.15, -0.1) is 0 Å². The van der Waals surface area contributed by atoms with Crippen molar-refractivity contribution in [1.29, 1.82) is 0 Å². The molecular formula is C11H24O. The Morgan fingerprint density at radius 1 is 0.833 bits per heavy atom. The zero-order valence-corrected chi connectivity index (χ0v) is 8.77. The van der Waals surface area contributed by atoms with Crippen LogP contribution in [0.25, 0.3) is 0 Å². The molecule has 0 spiro atoms. The largest absolute Gasteiger partial charge is 0.381 e. The molecule has 1 aliphatic heterocycles. The van der Waals surface area contributed by atoms with Gasteiger partial charge in [0.25, 0.3) is 0 Å². The maximum Gasteiger partial charge on any atom is 0.0466 e. The summed E-state index contributed by atoms with van der Waals surface area (Å²) >= 11 is 0. The zero-order chi connectivity index (χ0) is 9.07. The van der Waals surface area contributed by atoms with E-state index in [4.69, 9.17) is 4.74 Å². The fourth-order valence-corrected chi connectivity index (χ4v) is 1.19. The third-order valence-corrected chi connectivity index (χ3v) is 2.03. The molecule has 0 amide bonds. The van der Waals surface area contributed by atoms with Crippen LogP contribution in [0.4, 0.5) is 0 Å². The smallest absolute Gasteiger partial charge is 0.0466 e. The van der Waals surface area contributed by atoms with Crippen molar-refractivity contribution in [2.24, 2.45) is 0 Å². The van der Waals surface area contributed by atoms with Crippen LogP contribution in [-0.2, 0) is 4.74 Å². The molecule has 0 atom stereocenters. The maximum absolute atomic E-state index is 5.07. The van der Waals surface area contributed by atoms with Gasteiger partial charge in [0.2, 0.25) is 0 Å². The molecule has 1 rings (SSSR count). The Morgan fingerprint density at radius 3 is 1.50 bits per heavy atom. The van der Waals surface area contributed by atoms with Crippen molar-refractivity contribution in [3.63, 3.8) is 0 Å². The quantitative estimate of drug-likeness (QED) is 0.589. The Kier molecular flexibility index (Phi) is 10.9. The Labute approximate surface area is 77.5 Å². The molecule has 0 radical (unpaired) electrons.